The van der Waals surface area contributed by atoms with E-state index < -0.39 is 4.92 Å². The zero-order chi connectivity index (χ0) is 17.1. The number of benzene rings is 1. The fourth-order valence-electron chi connectivity index (χ4n) is 3.08. The van der Waals surface area contributed by atoms with E-state index in [4.69, 9.17) is 16.0 Å². The highest BCUT2D eigenvalue weighted by Gasteiger charge is 2.20. The van der Waals surface area contributed by atoms with E-state index in [0.29, 0.717) is 22.4 Å². The smallest absolute Gasteiger partial charge is 0.270 e. The third-order valence-corrected chi connectivity index (χ3v) is 4.70. The van der Waals surface area contributed by atoms with Crippen molar-refractivity contribution in [2.45, 2.75) is 25.4 Å². The minimum atomic E-state index is -0.461. The molecule has 25 heavy (non-hydrogen) atoms. The van der Waals surface area contributed by atoms with Gasteiger partial charge in [0.25, 0.3) is 5.69 Å². The molecule has 1 aliphatic rings. The number of halogens is 2. The van der Waals surface area contributed by atoms with Crippen LogP contribution in [0.3, 0.4) is 0 Å². The first kappa shape index (κ1) is 19.7. The van der Waals surface area contributed by atoms with Gasteiger partial charge in [-0.3, -0.25) is 15.0 Å². The van der Waals surface area contributed by atoms with Crippen LogP contribution in [-0.2, 0) is 6.54 Å². The molecular weight excluding hydrogens is 365 g/mol. The topological polar surface area (TPSA) is 71.5 Å². The molecule has 0 saturated carbocycles. The Kier molecular flexibility index (Phi) is 6.84. The molecule has 0 aliphatic carbocycles. The molecular formula is C17H21Cl2N3O3. The summed E-state index contributed by atoms with van der Waals surface area (Å²) in [4.78, 5) is 12.7. The lowest BCUT2D eigenvalue weighted by molar-refractivity contribution is -0.384. The standard InChI is InChI=1S/C17H20ClN3O3.ClH/c1-19-12-3-2-8-20(10-12)11-14-5-7-17(24-14)15-6-4-13(21(22)23)9-16(15)18;/h4-7,9,12,19H,2-3,8,10-11H2,1H3;1H. The number of furan rings is 1. The summed E-state index contributed by atoms with van der Waals surface area (Å²) < 4.78 is 5.91. The van der Waals surface area contributed by atoms with Crippen LogP contribution in [0.2, 0.25) is 5.02 Å². The summed E-state index contributed by atoms with van der Waals surface area (Å²) in [5, 5.41) is 14.4. The Hall–Kier alpha value is -1.60. The van der Waals surface area contributed by atoms with E-state index in [1.54, 1.807) is 6.07 Å². The third kappa shape index (κ3) is 4.73. The maximum atomic E-state index is 10.8. The van der Waals surface area contributed by atoms with Gasteiger partial charge >= 0.3 is 0 Å². The van der Waals surface area contributed by atoms with Crippen molar-refractivity contribution in [1.29, 1.82) is 0 Å². The van der Waals surface area contributed by atoms with E-state index in [1.807, 2.05) is 19.2 Å². The third-order valence-electron chi connectivity index (χ3n) is 4.38. The molecule has 2 heterocycles. The summed E-state index contributed by atoms with van der Waals surface area (Å²) in [5.74, 6) is 1.50. The van der Waals surface area contributed by atoms with E-state index in [2.05, 4.69) is 10.2 Å². The van der Waals surface area contributed by atoms with Crippen molar-refractivity contribution >= 4 is 29.7 Å². The monoisotopic (exact) mass is 385 g/mol. The van der Waals surface area contributed by atoms with Gasteiger partial charge in [0.1, 0.15) is 11.5 Å². The Labute approximate surface area is 157 Å². The fraction of sp³-hybridized carbons (Fsp3) is 0.412. The summed E-state index contributed by atoms with van der Waals surface area (Å²) in [6.07, 6.45) is 2.38. The van der Waals surface area contributed by atoms with Crippen LogP contribution in [0.25, 0.3) is 11.3 Å². The summed E-state index contributed by atoms with van der Waals surface area (Å²) in [7, 11) is 2.00. The Morgan fingerprint density at radius 2 is 2.20 bits per heavy atom. The van der Waals surface area contributed by atoms with Crippen LogP contribution in [0.4, 0.5) is 5.69 Å². The van der Waals surface area contributed by atoms with Gasteiger partial charge in [-0.15, -0.1) is 12.4 Å². The van der Waals surface area contributed by atoms with Crippen molar-refractivity contribution in [2.24, 2.45) is 0 Å². The molecule has 1 fully saturated rings. The van der Waals surface area contributed by atoms with Gasteiger partial charge in [-0.25, -0.2) is 0 Å². The van der Waals surface area contributed by atoms with E-state index in [1.165, 1.54) is 25.0 Å². The Morgan fingerprint density at radius 3 is 2.88 bits per heavy atom. The molecule has 1 N–H and O–H groups in total. The first-order chi connectivity index (χ1) is 11.6. The van der Waals surface area contributed by atoms with Crippen LogP contribution >= 0.6 is 24.0 Å². The predicted molar refractivity (Wildman–Crippen MR) is 100 cm³/mol. The van der Waals surface area contributed by atoms with Gasteiger partial charge in [0.2, 0.25) is 0 Å². The van der Waals surface area contributed by atoms with Crippen LogP contribution in [0.5, 0.6) is 0 Å². The second kappa shape index (κ2) is 8.67. The van der Waals surface area contributed by atoms with Gasteiger partial charge in [-0.2, -0.15) is 0 Å². The van der Waals surface area contributed by atoms with Gasteiger partial charge < -0.3 is 9.73 Å². The summed E-state index contributed by atoms with van der Waals surface area (Å²) in [6.45, 7) is 2.82. The molecule has 136 valence electrons. The van der Waals surface area contributed by atoms with Crippen LogP contribution in [-0.4, -0.2) is 36.0 Å². The molecule has 6 nitrogen and oxygen atoms in total. The summed E-state index contributed by atoms with van der Waals surface area (Å²) in [6, 6.07) is 8.74. The number of nitro benzene ring substituents is 1. The molecule has 0 spiro atoms. The molecule has 1 aliphatic heterocycles. The molecule has 1 saturated heterocycles. The molecule has 1 aromatic carbocycles. The molecule has 8 heteroatoms. The molecule has 3 rings (SSSR count). The largest absolute Gasteiger partial charge is 0.460 e. The molecule has 0 bridgehead atoms. The minimum absolute atomic E-state index is 0. The number of likely N-dealkylation sites (tertiary alicyclic amines) is 1. The number of rotatable bonds is 5. The number of non-ortho nitro benzene ring substituents is 1. The SMILES string of the molecule is CNC1CCCN(Cc2ccc(-c3ccc([N+](=O)[O-])cc3Cl)o2)C1.Cl. The second-order valence-corrected chi connectivity index (χ2v) is 6.46. The second-order valence-electron chi connectivity index (χ2n) is 6.05. The number of likely N-dealkylation sites (N-methyl/N-ethyl adjacent to an activating group) is 1. The van der Waals surface area contributed by atoms with Gasteiger partial charge in [0.05, 0.1) is 16.5 Å². The molecule has 1 atom stereocenters. The highest BCUT2D eigenvalue weighted by Crippen LogP contribution is 2.32. The molecule has 1 aromatic heterocycles. The van der Waals surface area contributed by atoms with Crippen molar-refractivity contribution in [3.05, 3.63) is 51.2 Å². The van der Waals surface area contributed by atoms with E-state index >= 15 is 0 Å². The lowest BCUT2D eigenvalue weighted by Crippen LogP contribution is -2.43. The molecule has 0 amide bonds. The maximum Gasteiger partial charge on any atom is 0.270 e. The number of piperidine rings is 1. The minimum Gasteiger partial charge on any atom is -0.460 e. The fourth-order valence-corrected chi connectivity index (χ4v) is 3.35. The normalized spacial score (nSPS) is 17.9. The van der Waals surface area contributed by atoms with E-state index in [-0.39, 0.29) is 18.1 Å². The summed E-state index contributed by atoms with van der Waals surface area (Å²) in [5.41, 5.74) is 0.641. The molecule has 0 radical (unpaired) electrons. The number of hydrogen-bond acceptors (Lipinski definition) is 5. The number of hydrogen-bond donors (Lipinski definition) is 1. The Morgan fingerprint density at radius 1 is 1.40 bits per heavy atom. The van der Waals surface area contributed by atoms with Gasteiger partial charge in [-0.05, 0) is 44.6 Å². The molecule has 1 unspecified atom stereocenters. The predicted octanol–water partition coefficient (Wildman–Crippen LogP) is 4.11. The van der Waals surface area contributed by atoms with Crippen molar-refractivity contribution in [3.8, 4) is 11.3 Å². The van der Waals surface area contributed by atoms with Crippen molar-refractivity contribution in [1.82, 2.24) is 10.2 Å². The van der Waals surface area contributed by atoms with Crippen molar-refractivity contribution < 1.29 is 9.34 Å². The number of nitrogens with one attached hydrogen (secondary N) is 1. The zero-order valence-corrected chi connectivity index (χ0v) is 15.5. The maximum absolute atomic E-state index is 10.8. The van der Waals surface area contributed by atoms with E-state index in [0.717, 1.165) is 25.4 Å². The lowest BCUT2D eigenvalue weighted by Gasteiger charge is -2.31. The average molecular weight is 386 g/mol. The van der Waals surface area contributed by atoms with Gasteiger partial charge in [0.15, 0.2) is 0 Å². The molecule has 2 aromatic rings. The zero-order valence-electron chi connectivity index (χ0n) is 13.9. The first-order valence-corrected chi connectivity index (χ1v) is 8.37. The van der Waals surface area contributed by atoms with Crippen LogP contribution < -0.4 is 5.32 Å². The highest BCUT2D eigenvalue weighted by atomic mass is 35.5. The average Bonchev–Trinajstić information content (AvgIpc) is 3.03. The number of nitrogens with zero attached hydrogens (tertiary/aromatic N) is 2. The van der Waals surface area contributed by atoms with Gasteiger partial charge in [-0.1, -0.05) is 11.6 Å². The first-order valence-electron chi connectivity index (χ1n) is 7.99. The Balaban J connectivity index is 0.00000225. The highest BCUT2D eigenvalue weighted by molar-refractivity contribution is 6.33. The lowest BCUT2D eigenvalue weighted by atomic mass is 10.1. The van der Waals surface area contributed by atoms with Crippen LogP contribution in [0.1, 0.15) is 18.6 Å². The van der Waals surface area contributed by atoms with Crippen molar-refractivity contribution in [2.75, 3.05) is 20.1 Å². The summed E-state index contributed by atoms with van der Waals surface area (Å²) >= 11 is 6.16. The number of nitro groups is 1. The van der Waals surface area contributed by atoms with Gasteiger partial charge in [0, 0.05) is 30.3 Å². The van der Waals surface area contributed by atoms with Crippen molar-refractivity contribution in [3.63, 3.8) is 0 Å². The van der Waals surface area contributed by atoms with Crippen LogP contribution in [0.15, 0.2) is 34.7 Å². The van der Waals surface area contributed by atoms with E-state index in [9.17, 15) is 10.1 Å². The quantitative estimate of drug-likeness (QED) is 0.619. The van der Waals surface area contributed by atoms with Crippen LogP contribution in [0, 0.1) is 10.1 Å². The Bertz CT molecular complexity index is 736.